The smallest absolute Gasteiger partial charge is 0.254 e. The number of rotatable bonds is 5. The van der Waals surface area contributed by atoms with E-state index in [9.17, 15) is 9.18 Å². The maximum atomic E-state index is 15.0. The molecule has 0 bridgehead atoms. The van der Waals surface area contributed by atoms with Gasteiger partial charge in [0.1, 0.15) is 18.0 Å². The minimum absolute atomic E-state index is 0.0266. The Morgan fingerprint density at radius 2 is 2.03 bits per heavy atom. The minimum Gasteiger partial charge on any atom is -0.384 e. The van der Waals surface area contributed by atoms with E-state index in [-0.39, 0.29) is 11.6 Å². The molecular formula is C23H25FN6O. The minimum atomic E-state index is -0.584. The van der Waals surface area contributed by atoms with Crippen molar-refractivity contribution in [2.45, 2.75) is 25.8 Å². The Labute approximate surface area is 180 Å². The highest BCUT2D eigenvalue weighted by atomic mass is 19.1. The molecule has 1 fully saturated rings. The van der Waals surface area contributed by atoms with E-state index >= 15 is 0 Å². The third-order valence-electron chi connectivity index (χ3n) is 5.55. The monoisotopic (exact) mass is 420 g/mol. The highest BCUT2D eigenvalue weighted by molar-refractivity contribution is 5.95. The first kappa shape index (κ1) is 20.9. The SMILES string of the molecule is CCc1ncnc(-c2ccc(C(=O)NC3CCN(C)C3)c(F)c2)c1-c1ccc(N)nc1. The van der Waals surface area contributed by atoms with Gasteiger partial charge in [-0.15, -0.1) is 0 Å². The van der Waals surface area contributed by atoms with Crippen LogP contribution in [0.3, 0.4) is 0 Å². The van der Waals surface area contributed by atoms with Gasteiger partial charge in [-0.2, -0.15) is 0 Å². The maximum absolute atomic E-state index is 15.0. The van der Waals surface area contributed by atoms with E-state index in [4.69, 9.17) is 5.73 Å². The molecule has 3 N–H and O–H groups in total. The van der Waals surface area contributed by atoms with Crippen molar-refractivity contribution in [3.63, 3.8) is 0 Å². The summed E-state index contributed by atoms with van der Waals surface area (Å²) in [5, 5.41) is 2.92. The van der Waals surface area contributed by atoms with Gasteiger partial charge in [-0.25, -0.2) is 19.3 Å². The van der Waals surface area contributed by atoms with Crippen LogP contribution < -0.4 is 11.1 Å². The number of carbonyl (C=O) groups is 1. The number of nitrogens with two attached hydrogens (primary N) is 1. The van der Waals surface area contributed by atoms with Crippen molar-refractivity contribution in [3.8, 4) is 22.4 Å². The summed E-state index contributed by atoms with van der Waals surface area (Å²) < 4.78 is 15.0. The Morgan fingerprint density at radius 3 is 2.68 bits per heavy atom. The number of anilines is 1. The molecule has 3 heterocycles. The number of nitrogens with one attached hydrogen (secondary N) is 1. The zero-order chi connectivity index (χ0) is 22.0. The fourth-order valence-electron chi connectivity index (χ4n) is 3.93. The quantitative estimate of drug-likeness (QED) is 0.659. The van der Waals surface area contributed by atoms with Crippen molar-refractivity contribution in [3.05, 3.63) is 59.9 Å². The van der Waals surface area contributed by atoms with Gasteiger partial charge in [-0.3, -0.25) is 4.79 Å². The van der Waals surface area contributed by atoms with Crippen molar-refractivity contribution < 1.29 is 9.18 Å². The highest BCUT2D eigenvalue weighted by Gasteiger charge is 2.23. The first-order valence-electron chi connectivity index (χ1n) is 10.3. The van der Waals surface area contributed by atoms with Gasteiger partial charge in [0.05, 0.1) is 17.0 Å². The van der Waals surface area contributed by atoms with Crippen LogP contribution in [0.4, 0.5) is 10.2 Å². The molecule has 160 valence electrons. The van der Waals surface area contributed by atoms with E-state index in [0.29, 0.717) is 23.5 Å². The van der Waals surface area contributed by atoms with Gasteiger partial charge in [0.25, 0.3) is 5.91 Å². The van der Waals surface area contributed by atoms with Crippen LogP contribution in [0.2, 0.25) is 0 Å². The first-order valence-corrected chi connectivity index (χ1v) is 10.3. The standard InChI is InChI=1S/C23H25FN6O/c1-3-19-21(15-5-7-20(25)26-11-15)22(28-13-27-19)14-4-6-17(18(24)10-14)23(31)29-16-8-9-30(2)12-16/h4-7,10-11,13,16H,3,8-9,12H2,1-2H3,(H2,25,26)(H,29,31). The summed E-state index contributed by atoms with van der Waals surface area (Å²) in [5.74, 6) is -0.571. The van der Waals surface area contributed by atoms with Gasteiger partial charge in [0.2, 0.25) is 0 Å². The molecule has 1 unspecified atom stereocenters. The number of likely N-dealkylation sites (tertiary alicyclic amines) is 1. The van der Waals surface area contributed by atoms with Crippen molar-refractivity contribution in [1.82, 2.24) is 25.2 Å². The molecule has 0 saturated carbocycles. The molecule has 1 atom stereocenters. The first-order chi connectivity index (χ1) is 15.0. The van der Waals surface area contributed by atoms with Gasteiger partial charge in [0, 0.05) is 35.5 Å². The number of halogens is 1. The number of likely N-dealkylation sites (N-methyl/N-ethyl adjacent to an activating group) is 1. The summed E-state index contributed by atoms with van der Waals surface area (Å²) in [7, 11) is 2.00. The molecule has 8 heteroatoms. The number of carbonyl (C=O) groups excluding carboxylic acids is 1. The van der Waals surface area contributed by atoms with E-state index < -0.39 is 11.7 Å². The van der Waals surface area contributed by atoms with E-state index in [0.717, 1.165) is 36.3 Å². The third-order valence-corrected chi connectivity index (χ3v) is 5.55. The number of nitrogen functional groups attached to an aromatic ring is 1. The lowest BCUT2D eigenvalue weighted by Crippen LogP contribution is -2.36. The molecular weight excluding hydrogens is 395 g/mol. The third kappa shape index (κ3) is 4.39. The number of nitrogens with zero attached hydrogens (tertiary/aromatic N) is 4. The van der Waals surface area contributed by atoms with Crippen LogP contribution in [0.5, 0.6) is 0 Å². The summed E-state index contributed by atoms with van der Waals surface area (Å²) in [5.41, 5.74) is 9.31. The number of benzene rings is 1. The van der Waals surface area contributed by atoms with Gasteiger partial charge in [-0.1, -0.05) is 13.0 Å². The zero-order valence-electron chi connectivity index (χ0n) is 17.6. The molecule has 4 rings (SSSR count). The average Bonchev–Trinajstić information content (AvgIpc) is 3.18. The summed E-state index contributed by atoms with van der Waals surface area (Å²) in [4.78, 5) is 27.7. The highest BCUT2D eigenvalue weighted by Crippen LogP contribution is 2.33. The predicted octanol–water partition coefficient (Wildman–Crippen LogP) is 2.92. The number of pyridine rings is 1. The van der Waals surface area contributed by atoms with Crippen LogP contribution in [0, 0.1) is 5.82 Å². The second-order valence-electron chi connectivity index (χ2n) is 7.79. The molecule has 2 aromatic heterocycles. The second kappa shape index (κ2) is 8.77. The lowest BCUT2D eigenvalue weighted by atomic mass is 9.97. The van der Waals surface area contributed by atoms with E-state index in [2.05, 4.69) is 25.2 Å². The summed E-state index contributed by atoms with van der Waals surface area (Å²) in [6, 6.07) is 8.17. The van der Waals surface area contributed by atoms with Crippen molar-refractivity contribution in [2.24, 2.45) is 0 Å². The Balaban J connectivity index is 1.68. The normalized spacial score (nSPS) is 16.4. The predicted molar refractivity (Wildman–Crippen MR) is 118 cm³/mol. The largest absolute Gasteiger partial charge is 0.384 e. The van der Waals surface area contributed by atoms with Crippen LogP contribution in [-0.4, -0.2) is 51.9 Å². The van der Waals surface area contributed by atoms with E-state index in [1.54, 1.807) is 18.3 Å². The summed E-state index contributed by atoms with van der Waals surface area (Å²) in [6.07, 6.45) is 4.67. The molecule has 1 amide bonds. The zero-order valence-corrected chi connectivity index (χ0v) is 17.6. The Bertz CT molecular complexity index is 1100. The fraction of sp³-hybridized carbons (Fsp3) is 0.304. The molecule has 3 aromatic rings. The number of aromatic nitrogens is 3. The molecule has 1 aliphatic heterocycles. The Morgan fingerprint density at radius 1 is 1.23 bits per heavy atom. The maximum Gasteiger partial charge on any atom is 0.254 e. The van der Waals surface area contributed by atoms with Crippen LogP contribution in [-0.2, 0) is 6.42 Å². The molecule has 0 radical (unpaired) electrons. The summed E-state index contributed by atoms with van der Waals surface area (Å²) in [6.45, 7) is 3.68. The van der Waals surface area contributed by atoms with E-state index in [1.165, 1.54) is 18.5 Å². The molecule has 0 spiro atoms. The lowest BCUT2D eigenvalue weighted by molar-refractivity contribution is 0.0934. The molecule has 1 aliphatic rings. The molecule has 1 aromatic carbocycles. The molecule has 7 nitrogen and oxygen atoms in total. The Kier molecular flexibility index (Phi) is 5.90. The molecule has 0 aliphatic carbocycles. The van der Waals surface area contributed by atoms with Gasteiger partial charge in [-0.05, 0) is 50.7 Å². The van der Waals surface area contributed by atoms with E-state index in [1.807, 2.05) is 20.0 Å². The molecule has 1 saturated heterocycles. The van der Waals surface area contributed by atoms with Crippen molar-refractivity contribution in [1.29, 1.82) is 0 Å². The average molecular weight is 420 g/mol. The molecule has 31 heavy (non-hydrogen) atoms. The van der Waals surface area contributed by atoms with Crippen LogP contribution in [0.15, 0.2) is 42.9 Å². The van der Waals surface area contributed by atoms with Gasteiger partial charge in [0.15, 0.2) is 0 Å². The van der Waals surface area contributed by atoms with Crippen LogP contribution in [0.25, 0.3) is 22.4 Å². The van der Waals surface area contributed by atoms with Gasteiger partial charge < -0.3 is 16.0 Å². The van der Waals surface area contributed by atoms with Crippen molar-refractivity contribution >= 4 is 11.7 Å². The lowest BCUT2D eigenvalue weighted by Gasteiger charge is -2.15. The van der Waals surface area contributed by atoms with Crippen LogP contribution in [0.1, 0.15) is 29.4 Å². The van der Waals surface area contributed by atoms with Crippen molar-refractivity contribution in [2.75, 3.05) is 25.9 Å². The summed E-state index contributed by atoms with van der Waals surface area (Å²) >= 11 is 0. The topological polar surface area (TPSA) is 97.0 Å². The van der Waals surface area contributed by atoms with Gasteiger partial charge >= 0.3 is 0 Å². The second-order valence-corrected chi connectivity index (χ2v) is 7.79. The fourth-order valence-corrected chi connectivity index (χ4v) is 3.93. The number of amides is 1. The Hall–Kier alpha value is -3.39. The number of hydrogen-bond donors (Lipinski definition) is 2. The van der Waals surface area contributed by atoms with Crippen LogP contribution >= 0.6 is 0 Å². The number of aryl methyl sites for hydroxylation is 1. The number of hydrogen-bond acceptors (Lipinski definition) is 6.